The summed E-state index contributed by atoms with van der Waals surface area (Å²) in [5, 5.41) is 0. The molecule has 0 atom stereocenters. The highest BCUT2D eigenvalue weighted by molar-refractivity contribution is 6.34. The van der Waals surface area contributed by atoms with E-state index in [1.54, 1.807) is 14.7 Å². The van der Waals surface area contributed by atoms with Crippen molar-refractivity contribution in [3.63, 3.8) is 0 Å². The number of carbonyl (C=O) groups excluding carboxylic acids is 3. The van der Waals surface area contributed by atoms with Gasteiger partial charge in [0.1, 0.15) is 0 Å². The third-order valence-corrected chi connectivity index (χ3v) is 3.72. The maximum Gasteiger partial charge on any atom is 0.312 e. The van der Waals surface area contributed by atoms with E-state index in [4.69, 9.17) is 0 Å². The number of rotatable bonds is 1. The van der Waals surface area contributed by atoms with E-state index in [0.717, 1.165) is 19.5 Å². The average molecular weight is 268 g/mol. The van der Waals surface area contributed by atoms with Crippen LogP contribution in [0.15, 0.2) is 0 Å². The summed E-state index contributed by atoms with van der Waals surface area (Å²) in [6.45, 7) is 4.71. The van der Waals surface area contributed by atoms with Crippen molar-refractivity contribution in [2.24, 2.45) is 0 Å². The Morgan fingerprint density at radius 3 is 1.63 bits per heavy atom. The number of nitrogens with zero attached hydrogens (tertiary/aromatic N) is 4. The fourth-order valence-electron chi connectivity index (χ4n) is 2.31. The zero-order valence-corrected chi connectivity index (χ0v) is 11.2. The molecule has 0 aromatic rings. The highest BCUT2D eigenvalue weighted by Gasteiger charge is 2.30. The van der Waals surface area contributed by atoms with E-state index in [9.17, 15) is 14.4 Å². The SMILES string of the molecule is CN1CCN(C(=O)C(=O)N2CCN(C=O)CC2)CC1. The Hall–Kier alpha value is -1.63. The third-order valence-electron chi connectivity index (χ3n) is 3.72. The minimum absolute atomic E-state index is 0.410. The maximum atomic E-state index is 12.1. The molecule has 0 radical (unpaired) electrons. The maximum absolute atomic E-state index is 12.1. The second kappa shape index (κ2) is 6.01. The highest BCUT2D eigenvalue weighted by atomic mass is 16.2. The molecule has 0 aromatic carbocycles. The van der Waals surface area contributed by atoms with Crippen LogP contribution in [0.1, 0.15) is 0 Å². The molecule has 19 heavy (non-hydrogen) atoms. The lowest BCUT2D eigenvalue weighted by Crippen LogP contribution is -2.55. The second-order valence-electron chi connectivity index (χ2n) is 5.03. The zero-order valence-electron chi connectivity index (χ0n) is 11.2. The van der Waals surface area contributed by atoms with Crippen molar-refractivity contribution < 1.29 is 14.4 Å². The van der Waals surface area contributed by atoms with E-state index in [1.165, 1.54) is 0 Å². The Labute approximate surface area is 112 Å². The van der Waals surface area contributed by atoms with Crippen LogP contribution in [0, 0.1) is 0 Å². The van der Waals surface area contributed by atoms with E-state index in [-0.39, 0.29) is 0 Å². The molecule has 2 heterocycles. The Bertz CT molecular complexity index is 358. The number of carbonyl (C=O) groups is 3. The van der Waals surface area contributed by atoms with Gasteiger partial charge in [-0.25, -0.2) is 0 Å². The quantitative estimate of drug-likeness (QED) is 0.410. The summed E-state index contributed by atoms with van der Waals surface area (Å²) in [6.07, 6.45) is 0.782. The molecule has 2 rings (SSSR count). The molecule has 0 unspecified atom stereocenters. The van der Waals surface area contributed by atoms with Gasteiger partial charge in [0.2, 0.25) is 6.41 Å². The van der Waals surface area contributed by atoms with E-state index in [0.29, 0.717) is 39.3 Å². The number of hydrogen-bond acceptors (Lipinski definition) is 4. The lowest BCUT2D eigenvalue weighted by molar-refractivity contribution is -0.154. The van der Waals surface area contributed by atoms with Gasteiger partial charge in [-0.1, -0.05) is 0 Å². The van der Waals surface area contributed by atoms with Gasteiger partial charge in [-0.05, 0) is 7.05 Å². The smallest absolute Gasteiger partial charge is 0.312 e. The summed E-state index contributed by atoms with van der Waals surface area (Å²) in [6, 6.07) is 0. The summed E-state index contributed by atoms with van der Waals surface area (Å²) in [5.41, 5.74) is 0. The zero-order chi connectivity index (χ0) is 13.8. The molecular formula is C12H20N4O3. The van der Waals surface area contributed by atoms with Crippen LogP contribution in [0.2, 0.25) is 0 Å². The van der Waals surface area contributed by atoms with E-state index in [1.807, 2.05) is 7.05 Å². The van der Waals surface area contributed by atoms with Gasteiger partial charge in [0.25, 0.3) is 0 Å². The topological polar surface area (TPSA) is 64.2 Å². The second-order valence-corrected chi connectivity index (χ2v) is 5.03. The molecule has 7 nitrogen and oxygen atoms in total. The Kier molecular flexibility index (Phi) is 4.36. The molecule has 2 fully saturated rings. The summed E-state index contributed by atoms with van der Waals surface area (Å²) in [4.78, 5) is 41.7. The van der Waals surface area contributed by atoms with Gasteiger partial charge in [0.05, 0.1) is 0 Å². The minimum atomic E-state index is -0.435. The first-order valence-corrected chi connectivity index (χ1v) is 6.58. The van der Waals surface area contributed by atoms with Crippen LogP contribution in [0.4, 0.5) is 0 Å². The molecule has 2 aliphatic heterocycles. The van der Waals surface area contributed by atoms with Crippen LogP contribution in [-0.4, -0.2) is 97.2 Å². The largest absolute Gasteiger partial charge is 0.342 e. The molecule has 0 aromatic heterocycles. The first-order chi connectivity index (χ1) is 9.11. The summed E-state index contributed by atoms with van der Waals surface area (Å²) in [7, 11) is 2.00. The van der Waals surface area contributed by atoms with Gasteiger partial charge in [0, 0.05) is 52.4 Å². The molecule has 106 valence electrons. The third kappa shape index (κ3) is 3.23. The fraction of sp³-hybridized carbons (Fsp3) is 0.750. The predicted molar refractivity (Wildman–Crippen MR) is 68.3 cm³/mol. The number of amides is 3. The van der Waals surface area contributed by atoms with Crippen molar-refractivity contribution in [3.8, 4) is 0 Å². The first kappa shape index (κ1) is 13.8. The van der Waals surface area contributed by atoms with E-state index < -0.39 is 11.8 Å². The van der Waals surface area contributed by atoms with Crippen LogP contribution in [-0.2, 0) is 14.4 Å². The van der Waals surface area contributed by atoms with Crippen LogP contribution < -0.4 is 0 Å². The lowest BCUT2D eigenvalue weighted by Gasteiger charge is -2.35. The molecule has 2 saturated heterocycles. The van der Waals surface area contributed by atoms with Gasteiger partial charge in [-0.15, -0.1) is 0 Å². The molecule has 7 heteroatoms. The van der Waals surface area contributed by atoms with Gasteiger partial charge in [-0.2, -0.15) is 0 Å². The van der Waals surface area contributed by atoms with Crippen LogP contribution in [0.3, 0.4) is 0 Å². The molecule has 0 bridgehead atoms. The molecule has 0 aliphatic carbocycles. The number of likely N-dealkylation sites (N-methyl/N-ethyl adjacent to an activating group) is 1. The minimum Gasteiger partial charge on any atom is -0.342 e. The monoisotopic (exact) mass is 268 g/mol. The normalized spacial score (nSPS) is 21.4. The van der Waals surface area contributed by atoms with Crippen molar-refractivity contribution in [3.05, 3.63) is 0 Å². The van der Waals surface area contributed by atoms with Crippen LogP contribution in [0.5, 0.6) is 0 Å². The van der Waals surface area contributed by atoms with Gasteiger partial charge in [-0.3, -0.25) is 14.4 Å². The number of hydrogen-bond donors (Lipinski definition) is 0. The standard InChI is InChI=1S/C12H20N4O3/c1-13-2-6-15(7-3-13)11(18)12(19)16-8-4-14(10-17)5-9-16/h10H,2-9H2,1H3. The van der Waals surface area contributed by atoms with Crippen molar-refractivity contribution in [2.75, 3.05) is 59.4 Å². The molecule has 3 amide bonds. The van der Waals surface area contributed by atoms with E-state index >= 15 is 0 Å². The average Bonchev–Trinajstić information content (AvgIpc) is 2.46. The lowest BCUT2D eigenvalue weighted by atomic mass is 10.3. The van der Waals surface area contributed by atoms with Gasteiger partial charge in [0.15, 0.2) is 0 Å². The Morgan fingerprint density at radius 2 is 1.21 bits per heavy atom. The first-order valence-electron chi connectivity index (χ1n) is 6.58. The molecule has 0 spiro atoms. The van der Waals surface area contributed by atoms with Crippen molar-refractivity contribution >= 4 is 18.2 Å². The van der Waals surface area contributed by atoms with Gasteiger partial charge >= 0.3 is 11.8 Å². The molecular weight excluding hydrogens is 248 g/mol. The van der Waals surface area contributed by atoms with Crippen molar-refractivity contribution in [1.29, 1.82) is 0 Å². The van der Waals surface area contributed by atoms with E-state index in [2.05, 4.69) is 4.90 Å². The molecule has 2 aliphatic rings. The van der Waals surface area contributed by atoms with Crippen LogP contribution >= 0.6 is 0 Å². The molecule has 0 N–H and O–H groups in total. The number of piperazine rings is 2. The van der Waals surface area contributed by atoms with Crippen molar-refractivity contribution in [1.82, 2.24) is 19.6 Å². The molecule has 0 saturated carbocycles. The van der Waals surface area contributed by atoms with Gasteiger partial charge < -0.3 is 19.6 Å². The predicted octanol–water partition coefficient (Wildman–Crippen LogP) is -1.94. The summed E-state index contributed by atoms with van der Waals surface area (Å²) in [5.74, 6) is -0.845. The van der Waals surface area contributed by atoms with Crippen LogP contribution in [0.25, 0.3) is 0 Å². The highest BCUT2D eigenvalue weighted by Crippen LogP contribution is 2.05. The summed E-state index contributed by atoms with van der Waals surface area (Å²) >= 11 is 0. The summed E-state index contributed by atoms with van der Waals surface area (Å²) < 4.78 is 0. The van der Waals surface area contributed by atoms with Crippen molar-refractivity contribution in [2.45, 2.75) is 0 Å². The fourth-order valence-corrected chi connectivity index (χ4v) is 2.31. The Balaban J connectivity index is 1.86. The Morgan fingerprint density at radius 1 is 0.789 bits per heavy atom.